The Morgan fingerprint density at radius 3 is 2.33 bits per heavy atom. The molecule has 186 valence electrons. The zero-order valence-corrected chi connectivity index (χ0v) is 19.8. The molecule has 3 aromatic carbocycles. The van der Waals surface area contributed by atoms with Gasteiger partial charge in [-0.15, -0.1) is 13.2 Å². The average molecular weight is 515 g/mol. The van der Waals surface area contributed by atoms with E-state index < -0.39 is 6.36 Å². The summed E-state index contributed by atoms with van der Waals surface area (Å²) in [6.45, 7) is 3.56. The van der Waals surface area contributed by atoms with Crippen LogP contribution in [0.25, 0.3) is 0 Å². The lowest BCUT2D eigenvalue weighted by atomic mass is 10.1. The zero-order valence-electron chi connectivity index (χ0n) is 19.1. The predicted octanol–water partition coefficient (Wildman–Crippen LogP) is 5.49. The van der Waals surface area contributed by atoms with E-state index in [0.717, 1.165) is 37.6 Å². The number of carbonyl (C=O) groups is 1. The van der Waals surface area contributed by atoms with Crippen molar-refractivity contribution in [2.75, 3.05) is 42.6 Å². The number of alkyl halides is 3. The number of hydrogen-bond acceptors (Lipinski definition) is 5. The molecule has 0 aromatic heterocycles. The first-order valence-electron chi connectivity index (χ1n) is 11.4. The van der Waals surface area contributed by atoms with Crippen LogP contribution in [0.1, 0.15) is 5.56 Å². The van der Waals surface area contributed by atoms with E-state index >= 15 is 0 Å². The maximum atomic E-state index is 13.4. The van der Waals surface area contributed by atoms with Gasteiger partial charge in [0.25, 0.3) is 5.91 Å². The second-order valence-electron chi connectivity index (χ2n) is 8.48. The van der Waals surface area contributed by atoms with Crippen molar-refractivity contribution in [3.8, 4) is 5.75 Å². The van der Waals surface area contributed by atoms with Crippen molar-refractivity contribution < 1.29 is 22.7 Å². The summed E-state index contributed by atoms with van der Waals surface area (Å²) in [5.41, 5.74) is 3.14. The molecule has 0 atom stereocenters. The Morgan fingerprint density at radius 1 is 0.917 bits per heavy atom. The van der Waals surface area contributed by atoms with Gasteiger partial charge in [-0.05, 0) is 48.5 Å². The van der Waals surface area contributed by atoms with Gasteiger partial charge in [0.2, 0.25) is 0 Å². The molecule has 0 aliphatic carbocycles. The number of amides is 1. The van der Waals surface area contributed by atoms with Crippen molar-refractivity contribution in [3.63, 3.8) is 0 Å². The minimum atomic E-state index is -4.77. The molecule has 0 radical (unpaired) electrons. The largest absolute Gasteiger partial charge is 0.573 e. The van der Waals surface area contributed by atoms with Crippen molar-refractivity contribution in [2.45, 2.75) is 6.36 Å². The SMILES string of the molecule is O=C1C(=Nc2ccc(OC(F)(F)F)cc2)c2ccccc2N1CN1CCN(c2cccc(Cl)c2)CC1. The fraction of sp³-hybridized carbons (Fsp3) is 0.231. The molecular formula is C26H22ClF3N4O2. The standard InChI is InChI=1S/C26H22ClF3N4O2/c27-18-4-3-5-20(16-18)33-14-12-32(13-15-33)17-34-23-7-2-1-6-22(23)24(25(34)35)31-19-8-10-21(11-9-19)36-26(28,29)30/h1-11,16H,12-15,17H2. The quantitative estimate of drug-likeness (QED) is 0.452. The minimum absolute atomic E-state index is 0.246. The van der Waals surface area contributed by atoms with Crippen LogP contribution in [0.5, 0.6) is 5.75 Å². The van der Waals surface area contributed by atoms with Crippen molar-refractivity contribution in [3.05, 3.63) is 83.4 Å². The Bertz CT molecular complexity index is 1290. The fourth-order valence-corrected chi connectivity index (χ4v) is 4.57. The van der Waals surface area contributed by atoms with Gasteiger partial charge in [0.1, 0.15) is 11.5 Å². The van der Waals surface area contributed by atoms with Crippen LogP contribution in [0, 0.1) is 0 Å². The van der Waals surface area contributed by atoms with Crippen molar-refractivity contribution in [1.29, 1.82) is 0 Å². The summed E-state index contributed by atoms with van der Waals surface area (Å²) >= 11 is 6.13. The molecule has 3 aromatic rings. The van der Waals surface area contributed by atoms with Gasteiger partial charge < -0.3 is 9.64 Å². The highest BCUT2D eigenvalue weighted by molar-refractivity contribution is 6.54. The second kappa shape index (κ2) is 9.83. The van der Waals surface area contributed by atoms with E-state index in [1.165, 1.54) is 24.3 Å². The van der Waals surface area contributed by atoms with E-state index in [9.17, 15) is 18.0 Å². The van der Waals surface area contributed by atoms with Crippen molar-refractivity contribution >= 4 is 40.3 Å². The van der Waals surface area contributed by atoms with Gasteiger partial charge in [0, 0.05) is 42.5 Å². The minimum Gasteiger partial charge on any atom is -0.406 e. The molecule has 1 saturated heterocycles. The van der Waals surface area contributed by atoms with E-state index in [-0.39, 0.29) is 17.4 Å². The van der Waals surface area contributed by atoms with Crippen molar-refractivity contribution in [1.82, 2.24) is 4.90 Å². The molecule has 1 fully saturated rings. The highest BCUT2D eigenvalue weighted by Crippen LogP contribution is 2.32. The van der Waals surface area contributed by atoms with Crippen LogP contribution in [0.15, 0.2) is 77.8 Å². The maximum Gasteiger partial charge on any atom is 0.573 e. The number of benzene rings is 3. The first kappa shape index (κ1) is 24.1. The lowest BCUT2D eigenvalue weighted by Crippen LogP contribution is -2.51. The Kier molecular flexibility index (Phi) is 6.59. The summed E-state index contributed by atoms with van der Waals surface area (Å²) in [6.07, 6.45) is -4.77. The summed E-state index contributed by atoms with van der Waals surface area (Å²) in [5, 5.41) is 0.698. The van der Waals surface area contributed by atoms with Gasteiger partial charge in [-0.3, -0.25) is 14.6 Å². The van der Waals surface area contributed by atoms with Crippen LogP contribution in [0.3, 0.4) is 0 Å². The molecule has 0 N–H and O–H groups in total. The molecule has 0 saturated carbocycles. The first-order chi connectivity index (χ1) is 17.3. The molecular weight excluding hydrogens is 493 g/mol. The summed E-state index contributed by atoms with van der Waals surface area (Å²) in [7, 11) is 0. The molecule has 10 heteroatoms. The van der Waals surface area contributed by atoms with E-state index in [1.807, 2.05) is 48.5 Å². The lowest BCUT2D eigenvalue weighted by molar-refractivity contribution is -0.274. The summed E-state index contributed by atoms with van der Waals surface area (Å²) in [6, 6.07) is 20.3. The van der Waals surface area contributed by atoms with E-state index in [0.29, 0.717) is 22.9 Å². The van der Waals surface area contributed by atoms with Gasteiger partial charge in [-0.2, -0.15) is 0 Å². The lowest BCUT2D eigenvalue weighted by Gasteiger charge is -2.37. The number of piperazine rings is 1. The topological polar surface area (TPSA) is 48.4 Å². The molecule has 0 bridgehead atoms. The number of anilines is 2. The van der Waals surface area contributed by atoms with Crippen LogP contribution in [-0.2, 0) is 4.79 Å². The molecule has 36 heavy (non-hydrogen) atoms. The van der Waals surface area contributed by atoms with E-state index in [1.54, 1.807) is 4.90 Å². The van der Waals surface area contributed by atoms with Crippen LogP contribution in [0.4, 0.5) is 30.2 Å². The third-order valence-corrected chi connectivity index (χ3v) is 6.33. The molecule has 1 amide bonds. The highest BCUT2D eigenvalue weighted by Gasteiger charge is 2.35. The number of halogens is 4. The van der Waals surface area contributed by atoms with Gasteiger partial charge in [0.05, 0.1) is 18.0 Å². The van der Waals surface area contributed by atoms with Crippen LogP contribution >= 0.6 is 11.6 Å². The Hall–Kier alpha value is -3.56. The number of carbonyl (C=O) groups excluding carboxylic acids is 1. The van der Waals surface area contributed by atoms with Gasteiger partial charge >= 0.3 is 6.36 Å². The monoisotopic (exact) mass is 514 g/mol. The normalized spacial score (nSPS) is 17.6. The molecule has 0 unspecified atom stereocenters. The van der Waals surface area contributed by atoms with Crippen molar-refractivity contribution in [2.24, 2.45) is 4.99 Å². The number of fused-ring (bicyclic) bond motifs is 1. The zero-order chi connectivity index (χ0) is 25.3. The Morgan fingerprint density at radius 2 is 1.64 bits per heavy atom. The Labute approximate surface area is 211 Å². The molecule has 5 rings (SSSR count). The fourth-order valence-electron chi connectivity index (χ4n) is 4.38. The van der Waals surface area contributed by atoms with Crippen LogP contribution < -0.4 is 14.5 Å². The van der Waals surface area contributed by atoms with Crippen LogP contribution in [0.2, 0.25) is 5.02 Å². The van der Waals surface area contributed by atoms with Gasteiger partial charge in [-0.25, -0.2) is 4.99 Å². The number of rotatable bonds is 5. The summed E-state index contributed by atoms with van der Waals surface area (Å²) in [5.74, 6) is -0.591. The van der Waals surface area contributed by atoms with Crippen LogP contribution in [-0.4, -0.2) is 55.7 Å². The van der Waals surface area contributed by atoms with E-state index in [4.69, 9.17) is 11.6 Å². The van der Waals surface area contributed by atoms with E-state index in [2.05, 4.69) is 19.5 Å². The smallest absolute Gasteiger partial charge is 0.406 e. The number of para-hydroxylation sites is 1. The molecule has 2 aliphatic rings. The number of hydrogen-bond donors (Lipinski definition) is 0. The molecule has 0 spiro atoms. The summed E-state index contributed by atoms with van der Waals surface area (Å²) in [4.78, 5) is 24.0. The number of ether oxygens (including phenoxy) is 1. The third kappa shape index (κ3) is 5.32. The maximum absolute atomic E-state index is 13.4. The Balaban J connectivity index is 1.30. The number of aliphatic imine (C=N–C) groups is 1. The van der Waals surface area contributed by atoms with Gasteiger partial charge in [-0.1, -0.05) is 35.9 Å². The first-order valence-corrected chi connectivity index (χ1v) is 11.7. The number of nitrogens with zero attached hydrogens (tertiary/aromatic N) is 4. The molecule has 6 nitrogen and oxygen atoms in total. The average Bonchev–Trinajstić information content (AvgIpc) is 3.11. The molecule has 2 heterocycles. The molecule has 2 aliphatic heterocycles. The second-order valence-corrected chi connectivity index (χ2v) is 8.92. The highest BCUT2D eigenvalue weighted by atomic mass is 35.5. The predicted molar refractivity (Wildman–Crippen MR) is 133 cm³/mol. The third-order valence-electron chi connectivity index (χ3n) is 6.10. The summed E-state index contributed by atoms with van der Waals surface area (Å²) < 4.78 is 41.2. The van der Waals surface area contributed by atoms with Gasteiger partial charge in [0.15, 0.2) is 0 Å².